The van der Waals surface area contributed by atoms with Crippen LogP contribution in [0.25, 0.3) is 0 Å². The van der Waals surface area contributed by atoms with E-state index in [4.69, 9.17) is 5.26 Å². The Hall–Kier alpha value is -0.550. The van der Waals surface area contributed by atoms with E-state index in [0.717, 1.165) is 5.92 Å². The standard InChI is InChI=1S/C12H20N2/c1-9(8-13)10(2)14-12-5-3-11(7-12)4-6-12/h9-11,14H,3-7H2,1-2H3. The first-order valence-corrected chi connectivity index (χ1v) is 5.82. The SMILES string of the molecule is CC(C#N)C(C)NC12CCC(CC1)C2. The van der Waals surface area contributed by atoms with Crippen molar-refractivity contribution in [3.63, 3.8) is 0 Å². The Bertz CT molecular complexity index is 246. The predicted octanol–water partition coefficient (Wildman–Crippen LogP) is 2.46. The third kappa shape index (κ3) is 1.66. The van der Waals surface area contributed by atoms with Gasteiger partial charge in [0.2, 0.25) is 0 Å². The Morgan fingerprint density at radius 3 is 2.43 bits per heavy atom. The Morgan fingerprint density at radius 2 is 2.00 bits per heavy atom. The first-order valence-electron chi connectivity index (χ1n) is 5.82. The zero-order chi connectivity index (χ0) is 10.2. The van der Waals surface area contributed by atoms with E-state index in [1.165, 1.54) is 32.1 Å². The number of nitriles is 1. The highest BCUT2D eigenvalue weighted by Crippen LogP contribution is 2.47. The van der Waals surface area contributed by atoms with E-state index in [9.17, 15) is 0 Å². The van der Waals surface area contributed by atoms with Crippen molar-refractivity contribution in [1.82, 2.24) is 5.32 Å². The van der Waals surface area contributed by atoms with Crippen molar-refractivity contribution in [2.45, 2.75) is 57.5 Å². The van der Waals surface area contributed by atoms with Crippen molar-refractivity contribution >= 4 is 0 Å². The largest absolute Gasteiger partial charge is 0.307 e. The van der Waals surface area contributed by atoms with Gasteiger partial charge in [0.1, 0.15) is 0 Å². The molecule has 78 valence electrons. The van der Waals surface area contributed by atoms with Gasteiger partial charge in [-0.2, -0.15) is 5.26 Å². The van der Waals surface area contributed by atoms with E-state index in [-0.39, 0.29) is 5.92 Å². The molecule has 0 aliphatic heterocycles. The van der Waals surface area contributed by atoms with Gasteiger partial charge in [0.15, 0.2) is 0 Å². The van der Waals surface area contributed by atoms with Crippen molar-refractivity contribution in [3.8, 4) is 6.07 Å². The van der Waals surface area contributed by atoms with E-state index in [1.807, 2.05) is 6.92 Å². The van der Waals surface area contributed by atoms with Gasteiger partial charge in [0, 0.05) is 11.6 Å². The summed E-state index contributed by atoms with van der Waals surface area (Å²) in [6, 6.07) is 2.68. The highest BCUT2D eigenvalue weighted by atomic mass is 15.0. The zero-order valence-electron chi connectivity index (χ0n) is 9.21. The highest BCUT2D eigenvalue weighted by molar-refractivity contribution is 5.04. The number of hydrogen-bond acceptors (Lipinski definition) is 2. The van der Waals surface area contributed by atoms with Crippen molar-refractivity contribution in [2.75, 3.05) is 0 Å². The van der Waals surface area contributed by atoms with Crippen LogP contribution >= 0.6 is 0 Å². The molecular formula is C12H20N2. The van der Waals surface area contributed by atoms with Crippen LogP contribution in [0.2, 0.25) is 0 Å². The van der Waals surface area contributed by atoms with Crippen molar-refractivity contribution in [1.29, 1.82) is 5.26 Å². The zero-order valence-corrected chi connectivity index (χ0v) is 9.21. The molecule has 2 unspecified atom stereocenters. The average molecular weight is 192 g/mol. The van der Waals surface area contributed by atoms with Crippen LogP contribution in [0, 0.1) is 23.2 Å². The first-order chi connectivity index (χ1) is 6.65. The lowest BCUT2D eigenvalue weighted by atomic mass is 9.91. The molecule has 1 N–H and O–H groups in total. The van der Waals surface area contributed by atoms with E-state index >= 15 is 0 Å². The molecule has 0 heterocycles. The van der Waals surface area contributed by atoms with Crippen LogP contribution in [0.5, 0.6) is 0 Å². The summed E-state index contributed by atoms with van der Waals surface area (Å²) in [6.07, 6.45) is 6.83. The van der Waals surface area contributed by atoms with Gasteiger partial charge in [-0.25, -0.2) is 0 Å². The molecule has 2 saturated carbocycles. The van der Waals surface area contributed by atoms with Crippen molar-refractivity contribution < 1.29 is 0 Å². The van der Waals surface area contributed by atoms with Crippen LogP contribution in [0.4, 0.5) is 0 Å². The minimum Gasteiger partial charge on any atom is -0.307 e. The summed E-state index contributed by atoms with van der Waals surface area (Å²) < 4.78 is 0. The van der Waals surface area contributed by atoms with Gasteiger partial charge >= 0.3 is 0 Å². The lowest BCUT2D eigenvalue weighted by Gasteiger charge is -2.32. The molecule has 0 aromatic rings. The molecule has 2 aliphatic carbocycles. The monoisotopic (exact) mass is 192 g/mol. The summed E-state index contributed by atoms with van der Waals surface area (Å²) in [5.41, 5.74) is 0.412. The third-order valence-corrected chi connectivity index (χ3v) is 4.23. The van der Waals surface area contributed by atoms with Gasteiger partial charge < -0.3 is 5.32 Å². The maximum Gasteiger partial charge on any atom is 0.0669 e. The molecule has 14 heavy (non-hydrogen) atoms. The summed E-state index contributed by atoms with van der Waals surface area (Å²) in [5, 5.41) is 12.6. The van der Waals surface area contributed by atoms with E-state index in [1.54, 1.807) is 0 Å². The molecule has 0 aromatic heterocycles. The van der Waals surface area contributed by atoms with Crippen LogP contribution in [-0.4, -0.2) is 11.6 Å². The Labute approximate surface area is 86.7 Å². The molecule has 0 amide bonds. The second kappa shape index (κ2) is 3.55. The summed E-state index contributed by atoms with van der Waals surface area (Å²) in [7, 11) is 0. The maximum absolute atomic E-state index is 8.86. The highest BCUT2D eigenvalue weighted by Gasteiger charge is 2.45. The van der Waals surface area contributed by atoms with Crippen LogP contribution < -0.4 is 5.32 Å². The fourth-order valence-electron chi connectivity index (χ4n) is 3.11. The van der Waals surface area contributed by atoms with Crippen LogP contribution in [0.1, 0.15) is 46.0 Å². The molecule has 0 aromatic carbocycles. The molecule has 0 spiro atoms. The van der Waals surface area contributed by atoms with Gasteiger partial charge in [0.25, 0.3) is 0 Å². The number of rotatable bonds is 3. The Balaban J connectivity index is 1.94. The predicted molar refractivity (Wildman–Crippen MR) is 56.7 cm³/mol. The smallest absolute Gasteiger partial charge is 0.0669 e. The molecule has 2 aliphatic rings. The molecule has 2 bridgehead atoms. The first kappa shape index (κ1) is 9.98. The van der Waals surface area contributed by atoms with Gasteiger partial charge in [-0.1, -0.05) is 0 Å². The Morgan fingerprint density at radius 1 is 1.36 bits per heavy atom. The molecule has 2 atom stereocenters. The minimum atomic E-state index is 0.129. The summed E-state index contributed by atoms with van der Waals surface area (Å²) >= 11 is 0. The average Bonchev–Trinajstić information content (AvgIpc) is 2.75. The molecule has 0 radical (unpaired) electrons. The van der Waals surface area contributed by atoms with Gasteiger partial charge in [-0.15, -0.1) is 0 Å². The summed E-state index contributed by atoms with van der Waals surface area (Å²) in [6.45, 7) is 4.16. The van der Waals surface area contributed by atoms with Crippen LogP contribution in [0.3, 0.4) is 0 Å². The van der Waals surface area contributed by atoms with Crippen molar-refractivity contribution in [2.24, 2.45) is 11.8 Å². The summed E-state index contributed by atoms with van der Waals surface area (Å²) in [5.74, 6) is 1.11. The number of nitrogens with one attached hydrogen (secondary N) is 1. The van der Waals surface area contributed by atoms with E-state index < -0.39 is 0 Å². The van der Waals surface area contributed by atoms with E-state index in [0.29, 0.717) is 11.6 Å². The third-order valence-electron chi connectivity index (χ3n) is 4.23. The number of fused-ring (bicyclic) bond motifs is 2. The van der Waals surface area contributed by atoms with Crippen LogP contribution in [0.15, 0.2) is 0 Å². The topological polar surface area (TPSA) is 35.8 Å². The minimum absolute atomic E-state index is 0.129. The molecule has 2 heteroatoms. The Kier molecular flexibility index (Phi) is 2.53. The molecule has 2 fully saturated rings. The molecule has 2 rings (SSSR count). The number of hydrogen-bond donors (Lipinski definition) is 1. The van der Waals surface area contributed by atoms with Crippen molar-refractivity contribution in [3.05, 3.63) is 0 Å². The number of nitrogens with zero attached hydrogens (tertiary/aromatic N) is 1. The summed E-state index contributed by atoms with van der Waals surface area (Å²) in [4.78, 5) is 0. The lowest BCUT2D eigenvalue weighted by molar-refractivity contribution is 0.274. The molecule has 0 saturated heterocycles. The molecular weight excluding hydrogens is 172 g/mol. The van der Waals surface area contributed by atoms with E-state index in [2.05, 4.69) is 18.3 Å². The van der Waals surface area contributed by atoms with Crippen LogP contribution in [-0.2, 0) is 0 Å². The lowest BCUT2D eigenvalue weighted by Crippen LogP contribution is -2.48. The second-order valence-corrected chi connectivity index (χ2v) is 5.28. The van der Waals surface area contributed by atoms with Gasteiger partial charge in [-0.3, -0.25) is 0 Å². The normalized spacial score (nSPS) is 39.4. The van der Waals surface area contributed by atoms with Gasteiger partial charge in [-0.05, 0) is 51.9 Å². The van der Waals surface area contributed by atoms with Gasteiger partial charge in [0.05, 0.1) is 12.0 Å². The molecule has 2 nitrogen and oxygen atoms in total. The fourth-order valence-corrected chi connectivity index (χ4v) is 3.11. The fraction of sp³-hybridized carbons (Fsp3) is 0.917. The second-order valence-electron chi connectivity index (χ2n) is 5.28. The quantitative estimate of drug-likeness (QED) is 0.745. The maximum atomic E-state index is 8.86.